The van der Waals surface area contributed by atoms with E-state index in [1.165, 1.54) is 26.5 Å². The molecule has 0 unspecified atom stereocenters. The van der Waals surface area contributed by atoms with Crippen LogP contribution in [0, 0.1) is 0 Å². The number of carbonyl (C=O) groups excluding carboxylic acids is 3. The Bertz CT molecular complexity index is 1780. The van der Waals surface area contributed by atoms with E-state index in [4.69, 9.17) is 4.74 Å². The number of amides is 4. The predicted molar refractivity (Wildman–Crippen MR) is 162 cm³/mol. The van der Waals surface area contributed by atoms with Gasteiger partial charge in [-0.3, -0.25) is 29.4 Å². The second-order valence-corrected chi connectivity index (χ2v) is 11.5. The molecule has 0 atom stereocenters. The fraction of sp³-hybridized carbons (Fsp3) is 0.448. The standard InChI is InChI=1S/C29H32F2N12O4/c30-26(31)25-21(33-28(45)20-15-32-42-10-5-22(34-27(20)42)40-11-13-47-14-12-40)17-43(38-25)19-3-7-39(8-4-19)16-18-1-2-23(37-36-18)41-9-6-24(44)35-29(41)46/h1-2,5,10,15,17,19,26H,3-4,6-9,11-14,16H2,(H,33,45)(H,35,44,46). The average Bonchev–Trinajstić information content (AvgIpc) is 3.70. The Morgan fingerprint density at radius 3 is 2.57 bits per heavy atom. The Hall–Kier alpha value is -5.10. The van der Waals surface area contributed by atoms with Gasteiger partial charge in [0.05, 0.1) is 36.8 Å². The molecule has 246 valence electrons. The topological polar surface area (TPSA) is 168 Å². The number of nitrogens with one attached hydrogen (secondary N) is 2. The number of alkyl halides is 2. The van der Waals surface area contributed by atoms with E-state index < -0.39 is 24.1 Å². The number of halogens is 2. The number of ether oxygens (including phenoxy) is 1. The zero-order chi connectivity index (χ0) is 32.5. The van der Waals surface area contributed by atoms with Gasteiger partial charge < -0.3 is 15.0 Å². The lowest BCUT2D eigenvalue weighted by Gasteiger charge is -2.31. The molecule has 3 fully saturated rings. The lowest BCUT2D eigenvalue weighted by atomic mass is 10.1. The SMILES string of the molecule is O=C1CCN(c2ccc(CN3CCC(n4cc(NC(=O)c5cnn6ccc(N7CCOCC7)nc56)c(C(F)F)n4)CC3)nn2)C(=O)N1. The number of anilines is 3. The van der Waals surface area contributed by atoms with Crippen molar-refractivity contribution in [3.63, 3.8) is 0 Å². The summed E-state index contributed by atoms with van der Waals surface area (Å²) in [6, 6.07) is 4.63. The molecule has 3 aliphatic rings. The summed E-state index contributed by atoms with van der Waals surface area (Å²) in [5.41, 5.74) is 0.632. The summed E-state index contributed by atoms with van der Waals surface area (Å²) < 4.78 is 36.5. The van der Waals surface area contributed by atoms with Crippen LogP contribution in [0.4, 0.5) is 30.9 Å². The van der Waals surface area contributed by atoms with Crippen molar-refractivity contribution in [1.82, 2.24) is 44.8 Å². The number of fused-ring (bicyclic) bond motifs is 1. The molecule has 0 aliphatic carbocycles. The number of aromatic nitrogens is 7. The van der Waals surface area contributed by atoms with Crippen LogP contribution in [0.5, 0.6) is 0 Å². The molecule has 16 nitrogen and oxygen atoms in total. The maximum absolute atomic E-state index is 14.1. The zero-order valence-corrected chi connectivity index (χ0v) is 25.3. The molecular weight excluding hydrogens is 618 g/mol. The highest BCUT2D eigenvalue weighted by Gasteiger charge is 2.28. The van der Waals surface area contributed by atoms with Crippen molar-refractivity contribution < 1.29 is 27.9 Å². The number of piperidine rings is 1. The van der Waals surface area contributed by atoms with Gasteiger partial charge in [-0.15, -0.1) is 5.10 Å². The second-order valence-electron chi connectivity index (χ2n) is 11.5. The molecule has 0 radical (unpaired) electrons. The lowest BCUT2D eigenvalue weighted by molar-refractivity contribution is -0.120. The summed E-state index contributed by atoms with van der Waals surface area (Å²) in [4.78, 5) is 47.0. The first-order valence-corrected chi connectivity index (χ1v) is 15.3. The van der Waals surface area contributed by atoms with E-state index in [0.29, 0.717) is 81.8 Å². The molecule has 0 aromatic carbocycles. The molecule has 18 heteroatoms. The Kier molecular flexibility index (Phi) is 8.42. The van der Waals surface area contributed by atoms with Crippen LogP contribution in [-0.2, 0) is 16.1 Å². The molecule has 3 saturated heterocycles. The minimum absolute atomic E-state index is 0.0572. The van der Waals surface area contributed by atoms with Crippen LogP contribution in [0.3, 0.4) is 0 Å². The molecule has 3 aliphatic heterocycles. The smallest absolute Gasteiger partial charge is 0.329 e. The number of hydrogen-bond donors (Lipinski definition) is 2. The molecule has 4 aromatic heterocycles. The number of carbonyl (C=O) groups is 3. The Balaban J connectivity index is 0.985. The quantitative estimate of drug-likeness (QED) is 0.286. The molecule has 0 saturated carbocycles. The first kappa shape index (κ1) is 30.5. The van der Waals surface area contributed by atoms with Crippen molar-refractivity contribution >= 4 is 40.8 Å². The highest BCUT2D eigenvalue weighted by atomic mass is 19.3. The minimum Gasteiger partial charge on any atom is -0.378 e. The maximum Gasteiger partial charge on any atom is 0.329 e. The molecule has 47 heavy (non-hydrogen) atoms. The van der Waals surface area contributed by atoms with E-state index in [1.54, 1.807) is 18.3 Å². The molecule has 0 bridgehead atoms. The van der Waals surface area contributed by atoms with Crippen LogP contribution in [0.1, 0.15) is 53.5 Å². The Morgan fingerprint density at radius 2 is 1.85 bits per heavy atom. The number of urea groups is 1. The van der Waals surface area contributed by atoms with Crippen LogP contribution >= 0.6 is 0 Å². The predicted octanol–water partition coefficient (Wildman–Crippen LogP) is 2.03. The Labute approximate surface area is 266 Å². The fourth-order valence-electron chi connectivity index (χ4n) is 5.96. The third kappa shape index (κ3) is 6.46. The molecule has 7 heterocycles. The van der Waals surface area contributed by atoms with Crippen molar-refractivity contribution in [2.45, 2.75) is 38.3 Å². The van der Waals surface area contributed by atoms with Crippen molar-refractivity contribution in [3.8, 4) is 0 Å². The molecule has 4 amide bonds. The molecular formula is C29H32F2N12O4. The number of nitrogens with zero attached hydrogens (tertiary/aromatic N) is 10. The van der Waals surface area contributed by atoms with Gasteiger partial charge >= 0.3 is 6.03 Å². The summed E-state index contributed by atoms with van der Waals surface area (Å²) in [5, 5.41) is 21.7. The number of rotatable bonds is 8. The summed E-state index contributed by atoms with van der Waals surface area (Å²) in [6.45, 7) is 4.58. The van der Waals surface area contributed by atoms with Crippen LogP contribution in [0.25, 0.3) is 5.65 Å². The van der Waals surface area contributed by atoms with Gasteiger partial charge in [-0.2, -0.15) is 15.3 Å². The van der Waals surface area contributed by atoms with Gasteiger partial charge in [0.25, 0.3) is 12.3 Å². The summed E-state index contributed by atoms with van der Waals surface area (Å²) in [6.07, 6.45) is 3.14. The summed E-state index contributed by atoms with van der Waals surface area (Å²) in [5.74, 6) is 0.117. The number of hydrogen-bond acceptors (Lipinski definition) is 11. The van der Waals surface area contributed by atoms with E-state index in [2.05, 4.69) is 40.9 Å². The first-order valence-electron chi connectivity index (χ1n) is 15.3. The second kappa shape index (κ2) is 13.0. The average molecular weight is 651 g/mol. The zero-order valence-electron chi connectivity index (χ0n) is 25.3. The molecule has 2 N–H and O–H groups in total. The minimum atomic E-state index is -2.89. The van der Waals surface area contributed by atoms with E-state index >= 15 is 0 Å². The highest BCUT2D eigenvalue weighted by molar-refractivity contribution is 6.08. The summed E-state index contributed by atoms with van der Waals surface area (Å²) in [7, 11) is 0. The fourth-order valence-corrected chi connectivity index (χ4v) is 5.96. The van der Waals surface area contributed by atoms with Crippen molar-refractivity contribution in [1.29, 1.82) is 0 Å². The van der Waals surface area contributed by atoms with E-state index in [9.17, 15) is 23.2 Å². The summed E-state index contributed by atoms with van der Waals surface area (Å²) >= 11 is 0. The van der Waals surface area contributed by atoms with Gasteiger partial charge in [0.1, 0.15) is 11.4 Å². The van der Waals surface area contributed by atoms with Gasteiger partial charge in [0.2, 0.25) is 5.91 Å². The number of morpholine rings is 1. The van der Waals surface area contributed by atoms with Crippen LogP contribution in [-0.4, -0.2) is 103 Å². The third-order valence-corrected chi connectivity index (χ3v) is 8.50. The van der Waals surface area contributed by atoms with E-state index in [1.807, 2.05) is 11.0 Å². The van der Waals surface area contributed by atoms with Crippen molar-refractivity contribution in [3.05, 3.63) is 53.7 Å². The van der Waals surface area contributed by atoms with Gasteiger partial charge in [-0.25, -0.2) is 23.1 Å². The van der Waals surface area contributed by atoms with E-state index in [-0.39, 0.29) is 36.2 Å². The van der Waals surface area contributed by atoms with Crippen LogP contribution in [0.2, 0.25) is 0 Å². The largest absolute Gasteiger partial charge is 0.378 e. The maximum atomic E-state index is 14.1. The van der Waals surface area contributed by atoms with Crippen LogP contribution in [0.15, 0.2) is 36.8 Å². The molecule has 7 rings (SSSR count). The lowest BCUT2D eigenvalue weighted by Crippen LogP contribution is -2.50. The van der Waals surface area contributed by atoms with Crippen molar-refractivity contribution in [2.75, 3.05) is 61.1 Å². The van der Waals surface area contributed by atoms with E-state index in [0.717, 1.165) is 0 Å². The van der Waals surface area contributed by atoms with Gasteiger partial charge in [0, 0.05) is 58.1 Å². The first-order chi connectivity index (χ1) is 22.8. The third-order valence-electron chi connectivity index (χ3n) is 8.50. The highest BCUT2D eigenvalue weighted by Crippen LogP contribution is 2.31. The molecule has 4 aromatic rings. The van der Waals surface area contributed by atoms with Gasteiger partial charge in [-0.1, -0.05) is 0 Å². The van der Waals surface area contributed by atoms with Gasteiger partial charge in [-0.05, 0) is 31.0 Å². The normalized spacial score (nSPS) is 18.3. The Morgan fingerprint density at radius 1 is 1.04 bits per heavy atom. The number of imide groups is 1. The van der Waals surface area contributed by atoms with Crippen LogP contribution < -0.4 is 20.4 Å². The monoisotopic (exact) mass is 650 g/mol. The molecule has 0 spiro atoms. The van der Waals surface area contributed by atoms with Gasteiger partial charge in [0.15, 0.2) is 17.2 Å². The van der Waals surface area contributed by atoms with Crippen molar-refractivity contribution in [2.24, 2.45) is 0 Å². The number of likely N-dealkylation sites (tertiary alicyclic amines) is 1.